The van der Waals surface area contributed by atoms with Gasteiger partial charge in [0.25, 0.3) is 0 Å². The highest BCUT2D eigenvalue weighted by Gasteiger charge is 2.29. The van der Waals surface area contributed by atoms with Gasteiger partial charge >= 0.3 is 6.03 Å². The Morgan fingerprint density at radius 1 is 1.29 bits per heavy atom. The zero-order valence-electron chi connectivity index (χ0n) is 9.30. The monoisotopic (exact) mass is 296 g/mol. The highest BCUT2D eigenvalue weighted by atomic mass is 79.9. The minimum Gasteiger partial charge on any atom is -0.322 e. The standard InChI is InChI=1S/C12H13BrN2O2/c13-10-4-1-2-5-11(10)15-8-7-14(12(15)17)6-3-9-16/h1-2,4-5,9H,3,6-8H2. The van der Waals surface area contributed by atoms with Crippen LogP contribution in [-0.2, 0) is 4.79 Å². The summed E-state index contributed by atoms with van der Waals surface area (Å²) in [7, 11) is 0. The molecule has 5 heteroatoms. The van der Waals surface area contributed by atoms with Crippen LogP contribution in [0.1, 0.15) is 6.42 Å². The number of carbonyl (C=O) groups is 2. The van der Waals surface area contributed by atoms with Crippen molar-refractivity contribution in [3.05, 3.63) is 28.7 Å². The average molecular weight is 297 g/mol. The molecule has 0 atom stereocenters. The van der Waals surface area contributed by atoms with E-state index in [1.807, 2.05) is 24.3 Å². The van der Waals surface area contributed by atoms with Crippen molar-refractivity contribution in [2.75, 3.05) is 24.5 Å². The third-order valence-corrected chi connectivity index (χ3v) is 3.43. The largest absolute Gasteiger partial charge is 0.324 e. The normalized spacial score (nSPS) is 15.5. The molecule has 0 saturated carbocycles. The molecule has 1 saturated heterocycles. The lowest BCUT2D eigenvalue weighted by Gasteiger charge is -2.19. The van der Waals surface area contributed by atoms with Crippen LogP contribution in [0.4, 0.5) is 10.5 Å². The summed E-state index contributed by atoms with van der Waals surface area (Å²) < 4.78 is 0.908. The number of para-hydroxylation sites is 1. The quantitative estimate of drug-likeness (QED) is 0.800. The van der Waals surface area contributed by atoms with Crippen molar-refractivity contribution >= 4 is 33.9 Å². The van der Waals surface area contributed by atoms with Gasteiger partial charge in [-0.1, -0.05) is 12.1 Å². The molecule has 1 aromatic carbocycles. The predicted molar refractivity (Wildman–Crippen MR) is 69.1 cm³/mol. The molecule has 0 aliphatic carbocycles. The molecule has 1 aromatic rings. The van der Waals surface area contributed by atoms with Crippen LogP contribution in [0.2, 0.25) is 0 Å². The molecule has 1 aliphatic heterocycles. The van der Waals surface area contributed by atoms with Gasteiger partial charge in [0.1, 0.15) is 6.29 Å². The van der Waals surface area contributed by atoms with Crippen molar-refractivity contribution in [1.82, 2.24) is 4.90 Å². The Balaban J connectivity index is 2.12. The van der Waals surface area contributed by atoms with E-state index in [1.54, 1.807) is 9.80 Å². The Kier molecular flexibility index (Phi) is 3.78. The zero-order valence-corrected chi connectivity index (χ0v) is 10.9. The summed E-state index contributed by atoms with van der Waals surface area (Å²) in [4.78, 5) is 25.8. The van der Waals surface area contributed by atoms with Gasteiger partial charge in [-0.15, -0.1) is 0 Å². The van der Waals surface area contributed by atoms with Crippen molar-refractivity contribution in [2.24, 2.45) is 0 Å². The van der Waals surface area contributed by atoms with Crippen LogP contribution in [0.25, 0.3) is 0 Å². The number of rotatable bonds is 4. The highest BCUT2D eigenvalue weighted by molar-refractivity contribution is 9.10. The summed E-state index contributed by atoms with van der Waals surface area (Å²) in [6.07, 6.45) is 1.24. The first-order valence-corrected chi connectivity index (χ1v) is 6.28. The molecule has 0 radical (unpaired) electrons. The SMILES string of the molecule is O=CCCN1CCN(c2ccccc2Br)C1=O. The molecule has 2 rings (SSSR count). The number of aldehydes is 1. The van der Waals surface area contributed by atoms with E-state index in [-0.39, 0.29) is 6.03 Å². The molecule has 0 spiro atoms. The van der Waals surface area contributed by atoms with E-state index in [0.717, 1.165) is 16.4 Å². The number of anilines is 1. The highest BCUT2D eigenvalue weighted by Crippen LogP contribution is 2.28. The van der Waals surface area contributed by atoms with Gasteiger partial charge in [0.05, 0.1) is 5.69 Å². The van der Waals surface area contributed by atoms with E-state index in [9.17, 15) is 9.59 Å². The molecule has 4 nitrogen and oxygen atoms in total. The third kappa shape index (κ3) is 2.49. The van der Waals surface area contributed by atoms with Gasteiger partial charge in [-0.2, -0.15) is 0 Å². The minimum atomic E-state index is -0.0289. The molecule has 17 heavy (non-hydrogen) atoms. The van der Waals surface area contributed by atoms with Crippen molar-refractivity contribution in [3.63, 3.8) is 0 Å². The first-order chi connectivity index (χ1) is 8.24. The van der Waals surface area contributed by atoms with E-state index < -0.39 is 0 Å². The molecule has 2 amide bonds. The van der Waals surface area contributed by atoms with Crippen LogP contribution in [-0.4, -0.2) is 36.9 Å². The third-order valence-electron chi connectivity index (χ3n) is 2.76. The smallest absolute Gasteiger partial charge is 0.322 e. The summed E-state index contributed by atoms with van der Waals surface area (Å²) in [6.45, 7) is 1.84. The van der Waals surface area contributed by atoms with Gasteiger partial charge in [-0.25, -0.2) is 4.79 Å². The number of hydrogen-bond acceptors (Lipinski definition) is 2. The fourth-order valence-electron chi connectivity index (χ4n) is 1.89. The van der Waals surface area contributed by atoms with E-state index in [2.05, 4.69) is 15.9 Å². The van der Waals surface area contributed by atoms with Crippen LogP contribution in [0.3, 0.4) is 0 Å². The lowest BCUT2D eigenvalue weighted by Crippen LogP contribution is -2.32. The van der Waals surface area contributed by atoms with E-state index in [1.165, 1.54) is 0 Å². The van der Waals surface area contributed by atoms with Crippen molar-refractivity contribution < 1.29 is 9.59 Å². The topological polar surface area (TPSA) is 40.6 Å². The summed E-state index contributed by atoms with van der Waals surface area (Å²) in [5.41, 5.74) is 0.881. The number of benzene rings is 1. The summed E-state index contributed by atoms with van der Waals surface area (Å²) in [5, 5.41) is 0. The first-order valence-electron chi connectivity index (χ1n) is 5.48. The maximum atomic E-state index is 12.1. The number of urea groups is 1. The number of carbonyl (C=O) groups excluding carboxylic acids is 2. The molecular formula is C12H13BrN2O2. The lowest BCUT2D eigenvalue weighted by molar-refractivity contribution is -0.108. The van der Waals surface area contributed by atoms with Crippen LogP contribution >= 0.6 is 15.9 Å². The van der Waals surface area contributed by atoms with Crippen LogP contribution in [0.15, 0.2) is 28.7 Å². The van der Waals surface area contributed by atoms with Crippen LogP contribution in [0, 0.1) is 0 Å². The van der Waals surface area contributed by atoms with Crippen molar-refractivity contribution in [3.8, 4) is 0 Å². The van der Waals surface area contributed by atoms with Crippen LogP contribution in [0.5, 0.6) is 0 Å². The Hall–Kier alpha value is -1.36. The number of hydrogen-bond donors (Lipinski definition) is 0. The molecule has 0 N–H and O–H groups in total. The van der Waals surface area contributed by atoms with Crippen LogP contribution < -0.4 is 4.90 Å². The fourth-order valence-corrected chi connectivity index (χ4v) is 2.39. The summed E-state index contributed by atoms with van der Waals surface area (Å²) in [6, 6.07) is 7.61. The molecule has 1 aliphatic rings. The Morgan fingerprint density at radius 2 is 2.06 bits per heavy atom. The second-order valence-corrected chi connectivity index (χ2v) is 4.68. The van der Waals surface area contributed by atoms with Gasteiger partial charge in [0, 0.05) is 30.5 Å². The molecule has 0 aromatic heterocycles. The second kappa shape index (κ2) is 5.31. The van der Waals surface area contributed by atoms with Gasteiger partial charge in [0.2, 0.25) is 0 Å². The molecule has 0 unspecified atom stereocenters. The predicted octanol–water partition coefficient (Wildman–Crippen LogP) is 2.28. The first kappa shape index (κ1) is 12.1. The van der Waals surface area contributed by atoms with E-state index in [0.29, 0.717) is 26.1 Å². The van der Waals surface area contributed by atoms with Gasteiger partial charge in [-0.05, 0) is 28.1 Å². The van der Waals surface area contributed by atoms with Gasteiger partial charge < -0.3 is 9.69 Å². The molecule has 1 heterocycles. The molecular weight excluding hydrogens is 284 g/mol. The van der Waals surface area contributed by atoms with Gasteiger partial charge in [-0.3, -0.25) is 4.90 Å². The Bertz CT molecular complexity index is 436. The molecule has 90 valence electrons. The lowest BCUT2D eigenvalue weighted by atomic mass is 10.3. The Labute approximate surface area is 108 Å². The van der Waals surface area contributed by atoms with E-state index in [4.69, 9.17) is 0 Å². The number of nitrogens with zero attached hydrogens (tertiary/aromatic N) is 2. The number of amides is 2. The van der Waals surface area contributed by atoms with Crippen molar-refractivity contribution in [2.45, 2.75) is 6.42 Å². The summed E-state index contributed by atoms with van der Waals surface area (Å²) >= 11 is 3.44. The average Bonchev–Trinajstić information content (AvgIpc) is 2.69. The van der Waals surface area contributed by atoms with Gasteiger partial charge in [0.15, 0.2) is 0 Å². The summed E-state index contributed by atoms with van der Waals surface area (Å²) in [5.74, 6) is 0. The maximum absolute atomic E-state index is 12.1. The molecule has 1 fully saturated rings. The van der Waals surface area contributed by atoms with E-state index >= 15 is 0 Å². The Morgan fingerprint density at radius 3 is 2.76 bits per heavy atom. The maximum Gasteiger partial charge on any atom is 0.324 e. The minimum absolute atomic E-state index is 0.0289. The number of halogens is 1. The zero-order chi connectivity index (χ0) is 12.3. The molecule has 0 bridgehead atoms. The fraction of sp³-hybridized carbons (Fsp3) is 0.333. The second-order valence-electron chi connectivity index (χ2n) is 3.83. The van der Waals surface area contributed by atoms with Crippen molar-refractivity contribution in [1.29, 1.82) is 0 Å².